The lowest BCUT2D eigenvalue weighted by Gasteiger charge is -2.31. The van der Waals surface area contributed by atoms with Gasteiger partial charge in [0.1, 0.15) is 5.41 Å². The number of carbonyl (C=O) groups is 2. The molecule has 2 bridgehead atoms. The number of fused-ring (bicyclic) bond motifs is 2. The largest absolute Gasteiger partial charge is 0.481 e. The van der Waals surface area contributed by atoms with Gasteiger partial charge in [-0.2, -0.15) is 0 Å². The van der Waals surface area contributed by atoms with Crippen LogP contribution in [-0.4, -0.2) is 42.3 Å². The SMILES string of the molecule is CC1(C(=O)O)COCC1NC(=O)C1C2CCC(C2)C1N. The van der Waals surface area contributed by atoms with Crippen LogP contribution in [0.25, 0.3) is 0 Å². The van der Waals surface area contributed by atoms with Crippen molar-refractivity contribution in [2.24, 2.45) is 28.9 Å². The molecule has 0 radical (unpaired) electrons. The van der Waals surface area contributed by atoms with Crippen molar-refractivity contribution >= 4 is 11.9 Å². The summed E-state index contributed by atoms with van der Waals surface area (Å²) in [6.07, 6.45) is 3.22. The van der Waals surface area contributed by atoms with Crippen LogP contribution in [0.2, 0.25) is 0 Å². The predicted molar refractivity (Wildman–Crippen MR) is 70.8 cm³/mol. The minimum Gasteiger partial charge on any atom is -0.481 e. The highest BCUT2D eigenvalue weighted by molar-refractivity contribution is 5.83. The zero-order valence-electron chi connectivity index (χ0n) is 11.7. The Hall–Kier alpha value is -1.14. The van der Waals surface area contributed by atoms with Crippen LogP contribution in [0.3, 0.4) is 0 Å². The molecule has 6 atom stereocenters. The van der Waals surface area contributed by atoms with E-state index in [2.05, 4.69) is 5.32 Å². The molecule has 6 unspecified atom stereocenters. The van der Waals surface area contributed by atoms with Crippen molar-refractivity contribution < 1.29 is 19.4 Å². The quantitative estimate of drug-likeness (QED) is 0.674. The lowest BCUT2D eigenvalue weighted by molar-refractivity contribution is -0.149. The third kappa shape index (κ3) is 1.93. The zero-order valence-corrected chi connectivity index (χ0v) is 11.7. The summed E-state index contributed by atoms with van der Waals surface area (Å²) in [6, 6.07) is -0.550. The van der Waals surface area contributed by atoms with E-state index in [9.17, 15) is 14.7 Å². The van der Waals surface area contributed by atoms with Crippen LogP contribution in [0, 0.1) is 23.2 Å². The molecule has 1 saturated heterocycles. The Morgan fingerprint density at radius 2 is 2.05 bits per heavy atom. The molecule has 3 rings (SSSR count). The fraction of sp³-hybridized carbons (Fsp3) is 0.857. The molecule has 112 valence electrons. The summed E-state index contributed by atoms with van der Waals surface area (Å²) in [4.78, 5) is 23.8. The number of hydrogen-bond acceptors (Lipinski definition) is 4. The summed E-state index contributed by atoms with van der Waals surface area (Å²) < 4.78 is 5.26. The topological polar surface area (TPSA) is 102 Å². The van der Waals surface area contributed by atoms with Gasteiger partial charge in [-0.05, 0) is 38.0 Å². The molecule has 3 fully saturated rings. The minimum atomic E-state index is -1.04. The molecule has 6 heteroatoms. The van der Waals surface area contributed by atoms with Crippen molar-refractivity contribution in [3.05, 3.63) is 0 Å². The minimum absolute atomic E-state index is 0.0767. The fourth-order valence-electron chi connectivity index (χ4n) is 4.08. The summed E-state index contributed by atoms with van der Waals surface area (Å²) in [6.45, 7) is 2.01. The standard InChI is InChI=1S/C14H22N2O4/c1-14(13(18)19)6-20-5-9(14)16-12(17)10-7-2-3-8(4-7)11(10)15/h7-11H,2-6,15H2,1H3,(H,16,17)(H,18,19). The molecular weight excluding hydrogens is 260 g/mol. The van der Waals surface area contributed by atoms with Crippen molar-refractivity contribution in [3.8, 4) is 0 Å². The second kappa shape index (κ2) is 4.70. The Balaban J connectivity index is 1.69. The molecule has 20 heavy (non-hydrogen) atoms. The van der Waals surface area contributed by atoms with E-state index in [0.29, 0.717) is 11.8 Å². The Morgan fingerprint density at radius 3 is 2.65 bits per heavy atom. The first-order chi connectivity index (χ1) is 9.43. The van der Waals surface area contributed by atoms with E-state index in [1.54, 1.807) is 6.92 Å². The number of aliphatic carboxylic acids is 1. The van der Waals surface area contributed by atoms with Crippen molar-refractivity contribution in [2.45, 2.75) is 38.3 Å². The summed E-state index contributed by atoms with van der Waals surface area (Å²) in [5.74, 6) is -0.354. The molecule has 1 heterocycles. The van der Waals surface area contributed by atoms with Gasteiger partial charge in [0.15, 0.2) is 0 Å². The van der Waals surface area contributed by atoms with Crippen molar-refractivity contribution in [1.29, 1.82) is 0 Å². The van der Waals surface area contributed by atoms with Crippen LogP contribution in [0.15, 0.2) is 0 Å². The average molecular weight is 282 g/mol. The third-order valence-corrected chi connectivity index (χ3v) is 5.54. The molecule has 0 spiro atoms. The second-order valence-electron chi connectivity index (χ2n) is 6.74. The molecule has 1 aliphatic heterocycles. The first-order valence-corrected chi connectivity index (χ1v) is 7.30. The van der Waals surface area contributed by atoms with Crippen molar-refractivity contribution in [3.63, 3.8) is 0 Å². The van der Waals surface area contributed by atoms with E-state index in [-0.39, 0.29) is 31.1 Å². The number of nitrogens with one attached hydrogen (secondary N) is 1. The summed E-state index contributed by atoms with van der Waals surface area (Å²) >= 11 is 0. The van der Waals surface area contributed by atoms with Gasteiger partial charge in [-0.3, -0.25) is 9.59 Å². The lowest BCUT2D eigenvalue weighted by Crippen LogP contribution is -2.54. The number of amides is 1. The molecule has 2 saturated carbocycles. The Bertz CT molecular complexity index is 439. The van der Waals surface area contributed by atoms with Gasteiger partial charge in [0, 0.05) is 6.04 Å². The predicted octanol–water partition coefficient (Wildman–Crippen LogP) is -0.0343. The lowest BCUT2D eigenvalue weighted by atomic mass is 9.82. The normalized spacial score (nSPS) is 46.6. The van der Waals surface area contributed by atoms with E-state index in [1.807, 2.05) is 0 Å². The maximum absolute atomic E-state index is 12.5. The highest BCUT2D eigenvalue weighted by Crippen LogP contribution is 2.47. The molecule has 4 N–H and O–H groups in total. The van der Waals surface area contributed by atoms with Crippen LogP contribution in [0.4, 0.5) is 0 Å². The number of rotatable bonds is 3. The van der Waals surface area contributed by atoms with Crippen LogP contribution in [0.5, 0.6) is 0 Å². The smallest absolute Gasteiger partial charge is 0.313 e. The zero-order chi connectivity index (χ0) is 14.5. The van der Waals surface area contributed by atoms with E-state index in [0.717, 1.165) is 19.3 Å². The Morgan fingerprint density at radius 1 is 1.35 bits per heavy atom. The van der Waals surface area contributed by atoms with Crippen LogP contribution in [0.1, 0.15) is 26.2 Å². The maximum atomic E-state index is 12.5. The van der Waals surface area contributed by atoms with E-state index < -0.39 is 17.4 Å². The summed E-state index contributed by atoms with van der Waals surface area (Å²) in [7, 11) is 0. The van der Waals surface area contributed by atoms with Gasteiger partial charge in [0.05, 0.1) is 25.2 Å². The molecular formula is C14H22N2O4. The van der Waals surface area contributed by atoms with Crippen molar-refractivity contribution in [1.82, 2.24) is 5.32 Å². The average Bonchev–Trinajstić information content (AvgIpc) is 3.05. The Labute approximate surface area is 118 Å². The van der Waals surface area contributed by atoms with Gasteiger partial charge >= 0.3 is 5.97 Å². The molecule has 3 aliphatic rings. The van der Waals surface area contributed by atoms with Crippen LogP contribution < -0.4 is 11.1 Å². The van der Waals surface area contributed by atoms with E-state index in [1.165, 1.54) is 0 Å². The van der Waals surface area contributed by atoms with Crippen molar-refractivity contribution in [2.75, 3.05) is 13.2 Å². The van der Waals surface area contributed by atoms with Gasteiger partial charge in [0.2, 0.25) is 5.91 Å². The van der Waals surface area contributed by atoms with Crippen LogP contribution >= 0.6 is 0 Å². The molecule has 1 amide bonds. The summed E-state index contributed by atoms with van der Waals surface area (Å²) in [5, 5.41) is 12.2. The first kappa shape index (κ1) is 13.8. The number of carboxylic acids is 1. The van der Waals surface area contributed by atoms with E-state index in [4.69, 9.17) is 10.5 Å². The third-order valence-electron chi connectivity index (χ3n) is 5.54. The first-order valence-electron chi connectivity index (χ1n) is 7.30. The molecule has 0 aromatic rings. The highest BCUT2D eigenvalue weighted by Gasteiger charge is 2.52. The molecule has 2 aliphatic carbocycles. The fourth-order valence-corrected chi connectivity index (χ4v) is 4.08. The molecule has 0 aromatic carbocycles. The van der Waals surface area contributed by atoms with Gasteiger partial charge in [-0.25, -0.2) is 0 Å². The van der Waals surface area contributed by atoms with Gasteiger partial charge in [0.25, 0.3) is 0 Å². The molecule has 6 nitrogen and oxygen atoms in total. The highest BCUT2D eigenvalue weighted by atomic mass is 16.5. The Kier molecular flexibility index (Phi) is 3.25. The van der Waals surface area contributed by atoms with Crippen LogP contribution in [-0.2, 0) is 14.3 Å². The van der Waals surface area contributed by atoms with E-state index >= 15 is 0 Å². The number of carbonyl (C=O) groups excluding carboxylic acids is 1. The monoisotopic (exact) mass is 282 g/mol. The number of carboxylic acid groups (broad SMARTS) is 1. The van der Waals surface area contributed by atoms with Gasteiger partial charge in [-0.1, -0.05) is 0 Å². The number of nitrogens with two attached hydrogens (primary N) is 1. The van der Waals surface area contributed by atoms with Gasteiger partial charge < -0.3 is 20.9 Å². The number of hydrogen-bond donors (Lipinski definition) is 3. The molecule has 0 aromatic heterocycles. The number of ether oxygens (including phenoxy) is 1. The summed E-state index contributed by atoms with van der Waals surface area (Å²) in [5.41, 5.74) is 5.11. The maximum Gasteiger partial charge on any atom is 0.313 e. The second-order valence-corrected chi connectivity index (χ2v) is 6.74. The van der Waals surface area contributed by atoms with Gasteiger partial charge in [-0.15, -0.1) is 0 Å².